The van der Waals surface area contributed by atoms with Crippen LogP contribution in [0.25, 0.3) is 0 Å². The van der Waals surface area contributed by atoms with Crippen LogP contribution in [0.1, 0.15) is 16.7 Å². The maximum atomic E-state index is 4.54. The molecule has 0 aliphatic carbocycles. The molecule has 3 nitrogen and oxygen atoms in total. The summed E-state index contributed by atoms with van der Waals surface area (Å²) in [4.78, 5) is 4.54. The van der Waals surface area contributed by atoms with Crippen LogP contribution in [0.3, 0.4) is 0 Å². The molecule has 0 radical (unpaired) electrons. The second kappa shape index (κ2) is 6.14. The van der Waals surface area contributed by atoms with Gasteiger partial charge in [-0.3, -0.25) is 5.43 Å². The van der Waals surface area contributed by atoms with Crippen LogP contribution in [-0.2, 0) is 0 Å². The molecule has 0 fully saturated rings. The third-order valence-electron chi connectivity index (χ3n) is 3.31. The van der Waals surface area contributed by atoms with E-state index in [9.17, 15) is 0 Å². The summed E-state index contributed by atoms with van der Waals surface area (Å²) in [5.41, 5.74) is 8.82. The Kier molecular flexibility index (Phi) is 4.06. The van der Waals surface area contributed by atoms with Gasteiger partial charge in [0.15, 0.2) is 5.17 Å². The van der Waals surface area contributed by atoms with Gasteiger partial charge in [0.1, 0.15) is 0 Å². The summed E-state index contributed by atoms with van der Waals surface area (Å²) in [6, 6.07) is 16.4. The van der Waals surface area contributed by atoms with E-state index in [1.807, 2.05) is 30.3 Å². The number of thioether (sulfide) groups is 1. The lowest BCUT2D eigenvalue weighted by Crippen LogP contribution is -2.25. The molecule has 21 heavy (non-hydrogen) atoms. The van der Waals surface area contributed by atoms with E-state index in [1.165, 1.54) is 16.7 Å². The van der Waals surface area contributed by atoms with E-state index in [4.69, 9.17) is 0 Å². The number of benzene rings is 2. The molecule has 0 saturated carbocycles. The third-order valence-corrected chi connectivity index (χ3v) is 4.19. The topological polar surface area (TPSA) is 36.8 Å². The Morgan fingerprint density at radius 3 is 2.57 bits per heavy atom. The van der Waals surface area contributed by atoms with Gasteiger partial charge >= 0.3 is 0 Å². The van der Waals surface area contributed by atoms with Crippen molar-refractivity contribution in [1.82, 2.24) is 5.43 Å². The molecule has 1 aliphatic rings. The largest absolute Gasteiger partial charge is 0.255 e. The molecule has 0 bridgehead atoms. The molecule has 4 heteroatoms. The molecule has 0 saturated heterocycles. The molecular formula is C17H17N3S. The van der Waals surface area contributed by atoms with Crippen molar-refractivity contribution >= 4 is 28.3 Å². The molecule has 0 spiro atoms. The number of hydrogen-bond donors (Lipinski definition) is 1. The average Bonchev–Trinajstić information content (AvgIpc) is 2.49. The number of nitrogens with one attached hydrogen (secondary N) is 1. The number of para-hydroxylation sites is 1. The Hall–Kier alpha value is -2.07. The van der Waals surface area contributed by atoms with Crippen LogP contribution >= 0.6 is 11.8 Å². The quantitative estimate of drug-likeness (QED) is 0.908. The molecule has 106 valence electrons. The average molecular weight is 295 g/mol. The number of aryl methyl sites for hydroxylation is 2. The number of amidine groups is 1. The molecular weight excluding hydrogens is 278 g/mol. The third kappa shape index (κ3) is 3.34. The molecule has 2 aromatic rings. The van der Waals surface area contributed by atoms with Crippen LogP contribution < -0.4 is 5.43 Å². The summed E-state index contributed by atoms with van der Waals surface area (Å²) in [7, 11) is 0. The summed E-state index contributed by atoms with van der Waals surface area (Å²) >= 11 is 1.68. The Morgan fingerprint density at radius 1 is 1.10 bits per heavy atom. The number of hydrogen-bond acceptors (Lipinski definition) is 3. The Balaban J connectivity index is 1.79. The zero-order valence-electron chi connectivity index (χ0n) is 12.1. The van der Waals surface area contributed by atoms with Crippen molar-refractivity contribution in [3.05, 3.63) is 65.2 Å². The highest BCUT2D eigenvalue weighted by Crippen LogP contribution is 2.20. The molecule has 0 unspecified atom stereocenters. The zero-order chi connectivity index (χ0) is 14.7. The van der Waals surface area contributed by atoms with E-state index in [0.717, 1.165) is 22.3 Å². The Labute approximate surface area is 129 Å². The summed E-state index contributed by atoms with van der Waals surface area (Å²) in [6.07, 6.45) is 0. The normalized spacial score (nSPS) is 16.5. The van der Waals surface area contributed by atoms with Gasteiger partial charge in [-0.1, -0.05) is 53.7 Å². The standard InChI is InChI=1S/C17H17N3S/c1-12-8-9-15(13(2)10-12)16-11-21-17(20-19-16)18-14-6-4-3-5-7-14/h3-10H,11H2,1-2H3,(H,18,20). The number of nitrogens with zero attached hydrogens (tertiary/aromatic N) is 2. The van der Waals surface area contributed by atoms with Crippen molar-refractivity contribution in [2.75, 3.05) is 5.75 Å². The van der Waals surface area contributed by atoms with Gasteiger partial charge in [0.05, 0.1) is 11.4 Å². The first kappa shape index (κ1) is 13.9. The molecule has 0 atom stereocenters. The van der Waals surface area contributed by atoms with Crippen molar-refractivity contribution in [2.45, 2.75) is 13.8 Å². The first-order valence-corrected chi connectivity index (χ1v) is 7.88. The minimum atomic E-state index is 0.836. The Bertz CT molecular complexity index is 705. The van der Waals surface area contributed by atoms with Crippen LogP contribution in [0, 0.1) is 13.8 Å². The van der Waals surface area contributed by atoms with E-state index >= 15 is 0 Å². The second-order valence-electron chi connectivity index (χ2n) is 5.03. The van der Waals surface area contributed by atoms with Gasteiger partial charge in [-0.15, -0.1) is 0 Å². The van der Waals surface area contributed by atoms with Crippen LogP contribution in [0.2, 0.25) is 0 Å². The second-order valence-corrected chi connectivity index (χ2v) is 5.99. The van der Waals surface area contributed by atoms with Crippen molar-refractivity contribution < 1.29 is 0 Å². The van der Waals surface area contributed by atoms with Gasteiger partial charge in [0.25, 0.3) is 0 Å². The minimum Gasteiger partial charge on any atom is -0.255 e. The van der Waals surface area contributed by atoms with Crippen LogP contribution in [0.4, 0.5) is 5.69 Å². The first-order chi connectivity index (χ1) is 10.2. The summed E-state index contributed by atoms with van der Waals surface area (Å²) in [5.74, 6) is 0.836. The summed E-state index contributed by atoms with van der Waals surface area (Å²) < 4.78 is 0. The van der Waals surface area contributed by atoms with Crippen LogP contribution in [0.15, 0.2) is 58.6 Å². The molecule has 2 aromatic carbocycles. The lowest BCUT2D eigenvalue weighted by molar-refractivity contribution is 1.03. The molecule has 0 aromatic heterocycles. The molecule has 0 amide bonds. The summed E-state index contributed by atoms with van der Waals surface area (Å²) in [6.45, 7) is 4.24. The van der Waals surface area contributed by atoms with Crippen molar-refractivity contribution in [1.29, 1.82) is 0 Å². The Morgan fingerprint density at radius 2 is 1.90 bits per heavy atom. The fourth-order valence-corrected chi connectivity index (χ4v) is 3.04. The molecule has 1 aliphatic heterocycles. The highest BCUT2D eigenvalue weighted by atomic mass is 32.2. The van der Waals surface area contributed by atoms with Gasteiger partial charge in [0.2, 0.25) is 0 Å². The number of aliphatic imine (C=N–C) groups is 1. The van der Waals surface area contributed by atoms with Crippen molar-refractivity contribution in [3.8, 4) is 0 Å². The smallest absolute Gasteiger partial charge is 0.182 e. The van der Waals surface area contributed by atoms with Crippen molar-refractivity contribution in [2.24, 2.45) is 10.1 Å². The maximum absolute atomic E-state index is 4.54. The van der Waals surface area contributed by atoms with Gasteiger partial charge in [-0.2, -0.15) is 5.10 Å². The molecule has 3 rings (SSSR count). The number of rotatable bonds is 2. The fourth-order valence-electron chi connectivity index (χ4n) is 2.27. The van der Waals surface area contributed by atoms with Gasteiger partial charge in [-0.25, -0.2) is 4.99 Å². The fraction of sp³-hybridized carbons (Fsp3) is 0.176. The van der Waals surface area contributed by atoms with Gasteiger partial charge in [-0.05, 0) is 31.5 Å². The highest BCUT2D eigenvalue weighted by Gasteiger charge is 2.14. The molecule has 1 N–H and O–H groups in total. The monoisotopic (exact) mass is 295 g/mol. The zero-order valence-corrected chi connectivity index (χ0v) is 12.9. The van der Waals surface area contributed by atoms with Crippen LogP contribution in [0.5, 0.6) is 0 Å². The van der Waals surface area contributed by atoms with Crippen LogP contribution in [-0.4, -0.2) is 16.6 Å². The van der Waals surface area contributed by atoms with E-state index in [2.05, 4.69) is 47.6 Å². The van der Waals surface area contributed by atoms with E-state index in [1.54, 1.807) is 11.8 Å². The lowest BCUT2D eigenvalue weighted by atomic mass is 10.0. The van der Waals surface area contributed by atoms with E-state index in [-0.39, 0.29) is 0 Å². The van der Waals surface area contributed by atoms with Crippen molar-refractivity contribution in [3.63, 3.8) is 0 Å². The van der Waals surface area contributed by atoms with E-state index < -0.39 is 0 Å². The lowest BCUT2D eigenvalue weighted by Gasteiger charge is -2.16. The van der Waals surface area contributed by atoms with Gasteiger partial charge < -0.3 is 0 Å². The maximum Gasteiger partial charge on any atom is 0.182 e. The SMILES string of the molecule is Cc1ccc(C2=NNC(=Nc3ccccc3)SC2)c(C)c1. The molecule has 1 heterocycles. The highest BCUT2D eigenvalue weighted by molar-refractivity contribution is 8.14. The predicted octanol–water partition coefficient (Wildman–Crippen LogP) is 4.03. The minimum absolute atomic E-state index is 0.836. The first-order valence-electron chi connectivity index (χ1n) is 6.89. The summed E-state index contributed by atoms with van der Waals surface area (Å²) in [5, 5.41) is 5.33. The van der Waals surface area contributed by atoms with Gasteiger partial charge in [0, 0.05) is 11.3 Å². The van der Waals surface area contributed by atoms with E-state index in [0.29, 0.717) is 0 Å². The number of hydrazone groups is 1. The predicted molar refractivity (Wildman–Crippen MR) is 91.6 cm³/mol.